The van der Waals surface area contributed by atoms with Crippen molar-refractivity contribution in [2.24, 2.45) is 0 Å². The number of carbonyl (C=O) groups excluding carboxylic acids is 1. The summed E-state index contributed by atoms with van der Waals surface area (Å²) in [6.07, 6.45) is -0.450. The highest BCUT2D eigenvalue weighted by atomic mass is 32.1. The van der Waals surface area contributed by atoms with E-state index in [1.54, 1.807) is 11.3 Å². The van der Waals surface area contributed by atoms with Gasteiger partial charge < -0.3 is 14.8 Å². The second-order valence-corrected chi connectivity index (χ2v) is 4.68. The molecule has 1 aromatic rings. The minimum Gasteiger partial charge on any atom is -0.376 e. The Morgan fingerprint density at radius 2 is 2.50 bits per heavy atom. The summed E-state index contributed by atoms with van der Waals surface area (Å²) in [6, 6.07) is 2.05. The molecule has 1 saturated heterocycles. The molecule has 1 aliphatic heterocycles. The van der Waals surface area contributed by atoms with Gasteiger partial charge in [-0.1, -0.05) is 0 Å². The highest BCUT2D eigenvalue weighted by Crippen LogP contribution is 2.15. The number of amides is 1. The molecule has 0 bridgehead atoms. The number of hydrogen-bond acceptors (Lipinski definition) is 4. The topological polar surface area (TPSA) is 47.6 Å². The van der Waals surface area contributed by atoms with E-state index in [1.165, 1.54) is 10.4 Å². The third kappa shape index (κ3) is 2.81. The SMILES string of the molecule is Cc1ccsc1CNC(=O)C1COCCO1. The fraction of sp³-hybridized carbons (Fsp3) is 0.545. The van der Waals surface area contributed by atoms with Crippen molar-refractivity contribution in [1.29, 1.82) is 0 Å². The molecule has 0 spiro atoms. The van der Waals surface area contributed by atoms with Crippen LogP contribution >= 0.6 is 11.3 Å². The van der Waals surface area contributed by atoms with Crippen LogP contribution < -0.4 is 5.32 Å². The second-order valence-electron chi connectivity index (χ2n) is 3.68. The lowest BCUT2D eigenvalue weighted by Gasteiger charge is -2.21. The van der Waals surface area contributed by atoms with Crippen LogP contribution in [0.3, 0.4) is 0 Å². The first-order valence-corrected chi connectivity index (χ1v) is 6.15. The van der Waals surface area contributed by atoms with Crippen molar-refractivity contribution in [1.82, 2.24) is 5.32 Å². The predicted octanol–water partition coefficient (Wildman–Crippen LogP) is 1.09. The van der Waals surface area contributed by atoms with E-state index in [0.29, 0.717) is 26.4 Å². The van der Waals surface area contributed by atoms with E-state index in [0.717, 1.165) is 0 Å². The average molecular weight is 241 g/mol. The van der Waals surface area contributed by atoms with Crippen LogP contribution in [0.4, 0.5) is 0 Å². The molecular weight excluding hydrogens is 226 g/mol. The molecule has 2 rings (SSSR count). The Hall–Kier alpha value is -0.910. The maximum absolute atomic E-state index is 11.7. The monoisotopic (exact) mass is 241 g/mol. The van der Waals surface area contributed by atoms with Crippen molar-refractivity contribution < 1.29 is 14.3 Å². The molecule has 0 radical (unpaired) electrons. The molecule has 0 aromatic carbocycles. The van der Waals surface area contributed by atoms with Crippen LogP contribution in [0.1, 0.15) is 10.4 Å². The summed E-state index contributed by atoms with van der Waals surface area (Å²) in [7, 11) is 0. The van der Waals surface area contributed by atoms with Crippen molar-refractivity contribution in [3.63, 3.8) is 0 Å². The van der Waals surface area contributed by atoms with Gasteiger partial charge in [-0.3, -0.25) is 4.79 Å². The van der Waals surface area contributed by atoms with Crippen LogP contribution in [0.2, 0.25) is 0 Å². The van der Waals surface area contributed by atoms with Crippen LogP contribution in [0.25, 0.3) is 0 Å². The first-order valence-electron chi connectivity index (χ1n) is 5.27. The van der Waals surface area contributed by atoms with Crippen molar-refractivity contribution in [2.45, 2.75) is 19.6 Å². The number of aryl methyl sites for hydroxylation is 1. The molecule has 1 aromatic heterocycles. The average Bonchev–Trinajstić information content (AvgIpc) is 2.73. The van der Waals surface area contributed by atoms with Gasteiger partial charge in [0, 0.05) is 4.88 Å². The van der Waals surface area contributed by atoms with Gasteiger partial charge in [0.05, 0.1) is 26.4 Å². The summed E-state index contributed by atoms with van der Waals surface area (Å²) in [6.45, 7) is 4.04. The molecule has 0 saturated carbocycles. The van der Waals surface area contributed by atoms with E-state index in [-0.39, 0.29) is 5.91 Å². The normalized spacial score (nSPS) is 20.7. The fourth-order valence-electron chi connectivity index (χ4n) is 1.51. The molecule has 16 heavy (non-hydrogen) atoms. The van der Waals surface area contributed by atoms with Gasteiger partial charge in [0.25, 0.3) is 5.91 Å². The minimum absolute atomic E-state index is 0.0903. The third-order valence-electron chi connectivity index (χ3n) is 2.50. The van der Waals surface area contributed by atoms with Gasteiger partial charge >= 0.3 is 0 Å². The summed E-state index contributed by atoms with van der Waals surface area (Å²) in [5.74, 6) is -0.0903. The Labute approximate surface area is 98.6 Å². The van der Waals surface area contributed by atoms with Crippen molar-refractivity contribution in [3.05, 3.63) is 21.9 Å². The molecule has 1 N–H and O–H groups in total. The molecule has 1 aliphatic rings. The Morgan fingerprint density at radius 3 is 3.12 bits per heavy atom. The number of rotatable bonds is 3. The lowest BCUT2D eigenvalue weighted by molar-refractivity contribution is -0.147. The highest BCUT2D eigenvalue weighted by molar-refractivity contribution is 7.10. The second kappa shape index (κ2) is 5.43. The first-order chi connectivity index (χ1) is 7.77. The summed E-state index contributed by atoms with van der Waals surface area (Å²) in [4.78, 5) is 12.9. The van der Waals surface area contributed by atoms with Crippen molar-refractivity contribution in [2.75, 3.05) is 19.8 Å². The fourth-order valence-corrected chi connectivity index (χ4v) is 2.35. The van der Waals surface area contributed by atoms with Gasteiger partial charge in [-0.25, -0.2) is 0 Å². The Balaban J connectivity index is 1.81. The minimum atomic E-state index is -0.450. The zero-order valence-electron chi connectivity index (χ0n) is 9.19. The van der Waals surface area contributed by atoms with E-state index in [9.17, 15) is 4.79 Å². The van der Waals surface area contributed by atoms with E-state index < -0.39 is 6.10 Å². The number of hydrogen-bond donors (Lipinski definition) is 1. The van der Waals surface area contributed by atoms with E-state index in [1.807, 2.05) is 18.4 Å². The number of nitrogens with one attached hydrogen (secondary N) is 1. The van der Waals surface area contributed by atoms with Crippen LogP contribution in [-0.4, -0.2) is 31.8 Å². The summed E-state index contributed by atoms with van der Waals surface area (Å²) >= 11 is 1.65. The van der Waals surface area contributed by atoms with Gasteiger partial charge in [0.1, 0.15) is 0 Å². The van der Waals surface area contributed by atoms with Gasteiger partial charge in [-0.05, 0) is 23.9 Å². The molecule has 4 nitrogen and oxygen atoms in total. The quantitative estimate of drug-likeness (QED) is 0.861. The van der Waals surface area contributed by atoms with Gasteiger partial charge in [0.2, 0.25) is 0 Å². The Bertz CT molecular complexity index is 358. The molecule has 1 fully saturated rings. The van der Waals surface area contributed by atoms with Gasteiger partial charge in [0.15, 0.2) is 6.10 Å². The Morgan fingerprint density at radius 1 is 1.62 bits per heavy atom. The molecule has 2 heterocycles. The maximum atomic E-state index is 11.7. The summed E-state index contributed by atoms with van der Waals surface area (Å²) < 4.78 is 10.5. The maximum Gasteiger partial charge on any atom is 0.251 e. The molecule has 1 unspecified atom stereocenters. The lowest BCUT2D eigenvalue weighted by atomic mass is 10.3. The number of thiophene rings is 1. The zero-order valence-corrected chi connectivity index (χ0v) is 10.0. The number of ether oxygens (including phenoxy) is 2. The van der Waals surface area contributed by atoms with E-state index in [2.05, 4.69) is 5.32 Å². The molecule has 5 heteroatoms. The van der Waals surface area contributed by atoms with Crippen molar-refractivity contribution in [3.8, 4) is 0 Å². The van der Waals surface area contributed by atoms with Crippen LogP contribution in [-0.2, 0) is 20.8 Å². The van der Waals surface area contributed by atoms with Crippen LogP contribution in [0.15, 0.2) is 11.4 Å². The zero-order chi connectivity index (χ0) is 11.4. The standard InChI is InChI=1S/C11H15NO3S/c1-8-2-5-16-10(8)6-12-11(13)9-7-14-3-4-15-9/h2,5,9H,3-4,6-7H2,1H3,(H,12,13). The third-order valence-corrected chi connectivity index (χ3v) is 3.52. The molecule has 88 valence electrons. The highest BCUT2D eigenvalue weighted by Gasteiger charge is 2.22. The van der Waals surface area contributed by atoms with Gasteiger partial charge in [-0.2, -0.15) is 0 Å². The van der Waals surface area contributed by atoms with Gasteiger partial charge in [-0.15, -0.1) is 11.3 Å². The molecule has 1 atom stereocenters. The van der Waals surface area contributed by atoms with E-state index in [4.69, 9.17) is 9.47 Å². The summed E-state index contributed by atoms with van der Waals surface area (Å²) in [5.41, 5.74) is 1.21. The smallest absolute Gasteiger partial charge is 0.251 e. The number of carbonyl (C=O) groups is 1. The molecular formula is C11H15NO3S. The predicted molar refractivity (Wildman–Crippen MR) is 61.5 cm³/mol. The van der Waals surface area contributed by atoms with Crippen LogP contribution in [0, 0.1) is 6.92 Å². The first kappa shape index (κ1) is 11.6. The van der Waals surface area contributed by atoms with Crippen molar-refractivity contribution >= 4 is 17.2 Å². The Kier molecular flexibility index (Phi) is 3.93. The van der Waals surface area contributed by atoms with Crippen LogP contribution in [0.5, 0.6) is 0 Å². The molecule has 0 aliphatic carbocycles. The largest absolute Gasteiger partial charge is 0.376 e. The van der Waals surface area contributed by atoms with E-state index >= 15 is 0 Å². The lowest BCUT2D eigenvalue weighted by Crippen LogP contribution is -2.42. The summed E-state index contributed by atoms with van der Waals surface area (Å²) in [5, 5.41) is 4.89. The molecule has 1 amide bonds.